The Balaban J connectivity index is 1.50. The molecule has 5 aromatic rings. The van der Waals surface area contributed by atoms with E-state index in [2.05, 4.69) is 15.2 Å². The maximum Gasteiger partial charge on any atom is 0.270 e. The van der Waals surface area contributed by atoms with E-state index in [9.17, 15) is 10.1 Å². The Labute approximate surface area is 207 Å². The Hall–Kier alpha value is -4.56. The van der Waals surface area contributed by atoms with Gasteiger partial charge in [0.25, 0.3) is 5.69 Å². The van der Waals surface area contributed by atoms with Crippen molar-refractivity contribution in [1.29, 1.82) is 0 Å². The summed E-state index contributed by atoms with van der Waals surface area (Å²) >= 11 is 0. The molecular weight excluding hydrogens is 454 g/mol. The van der Waals surface area contributed by atoms with Gasteiger partial charge in [-0.05, 0) is 42.7 Å². The molecule has 3 N–H and O–H groups in total. The van der Waals surface area contributed by atoms with E-state index in [1.54, 1.807) is 12.3 Å². The summed E-state index contributed by atoms with van der Waals surface area (Å²) < 4.78 is 6.04. The van der Waals surface area contributed by atoms with E-state index in [0.717, 1.165) is 33.3 Å². The average Bonchev–Trinajstić information content (AvgIpc) is 3.28. The summed E-state index contributed by atoms with van der Waals surface area (Å²) in [5.74, 6) is 0.576. The first-order chi connectivity index (χ1) is 17.5. The molecule has 0 bridgehead atoms. The van der Waals surface area contributed by atoms with Crippen molar-refractivity contribution in [3.63, 3.8) is 0 Å². The first kappa shape index (κ1) is 23.2. The van der Waals surface area contributed by atoms with Gasteiger partial charge in [0.1, 0.15) is 12.4 Å². The standard InChI is InChI=1S/C28H25N5O3/c1-18-25-14-20(10-11-27(25)32-31-18)26-15-24(36-17-22(29)12-19-6-3-2-4-7-19)16-30-28(26)21-8-5-9-23(13-21)33(34)35/h2-11,13-16,22H,12,17,29H2,1H3,(H,31,32)/t22-/m0/s1. The lowest BCUT2D eigenvalue weighted by atomic mass is 9.97. The molecule has 0 unspecified atom stereocenters. The highest BCUT2D eigenvalue weighted by molar-refractivity contribution is 5.90. The highest BCUT2D eigenvalue weighted by Gasteiger charge is 2.16. The molecule has 36 heavy (non-hydrogen) atoms. The summed E-state index contributed by atoms with van der Waals surface area (Å²) in [6, 6.07) is 24.2. The number of ether oxygens (including phenoxy) is 1. The van der Waals surface area contributed by atoms with E-state index >= 15 is 0 Å². The van der Waals surface area contributed by atoms with Gasteiger partial charge in [0.05, 0.1) is 28.0 Å². The summed E-state index contributed by atoms with van der Waals surface area (Å²) in [7, 11) is 0. The molecule has 5 rings (SSSR count). The molecule has 0 saturated heterocycles. The molecule has 0 aliphatic carbocycles. The molecule has 0 aliphatic rings. The molecule has 180 valence electrons. The van der Waals surface area contributed by atoms with Gasteiger partial charge < -0.3 is 10.5 Å². The van der Waals surface area contributed by atoms with Crippen LogP contribution in [0, 0.1) is 17.0 Å². The highest BCUT2D eigenvalue weighted by atomic mass is 16.6. The first-order valence-corrected chi connectivity index (χ1v) is 11.6. The van der Waals surface area contributed by atoms with Crippen molar-refractivity contribution in [2.75, 3.05) is 6.61 Å². The average molecular weight is 480 g/mol. The van der Waals surface area contributed by atoms with E-state index in [1.165, 1.54) is 12.1 Å². The second-order valence-electron chi connectivity index (χ2n) is 8.70. The fourth-order valence-corrected chi connectivity index (χ4v) is 4.23. The smallest absolute Gasteiger partial charge is 0.270 e. The van der Waals surface area contributed by atoms with Crippen molar-refractivity contribution in [2.24, 2.45) is 5.73 Å². The third-order valence-corrected chi connectivity index (χ3v) is 6.06. The molecule has 0 spiro atoms. The Morgan fingerprint density at radius 3 is 2.67 bits per heavy atom. The van der Waals surface area contributed by atoms with Crippen LogP contribution >= 0.6 is 0 Å². The van der Waals surface area contributed by atoms with Gasteiger partial charge >= 0.3 is 0 Å². The van der Waals surface area contributed by atoms with Gasteiger partial charge in [0.2, 0.25) is 0 Å². The molecule has 8 heteroatoms. The third kappa shape index (κ3) is 4.94. The number of nitrogens with one attached hydrogen (secondary N) is 1. The van der Waals surface area contributed by atoms with Crippen molar-refractivity contribution >= 4 is 16.6 Å². The van der Waals surface area contributed by atoms with Gasteiger partial charge in [-0.1, -0.05) is 48.5 Å². The second kappa shape index (κ2) is 9.97. The number of rotatable bonds is 8. The predicted octanol–water partition coefficient (Wildman–Crippen LogP) is 5.46. The van der Waals surface area contributed by atoms with E-state index in [4.69, 9.17) is 10.5 Å². The minimum Gasteiger partial charge on any atom is -0.490 e. The summed E-state index contributed by atoms with van der Waals surface area (Å²) in [6.07, 6.45) is 2.33. The lowest BCUT2D eigenvalue weighted by Crippen LogP contribution is -2.30. The minimum atomic E-state index is -0.407. The van der Waals surface area contributed by atoms with Crippen LogP contribution in [0.4, 0.5) is 5.69 Å². The highest BCUT2D eigenvalue weighted by Crippen LogP contribution is 2.36. The molecule has 0 saturated carbocycles. The molecule has 0 amide bonds. The summed E-state index contributed by atoms with van der Waals surface area (Å²) in [5.41, 5.74) is 12.3. The number of H-pyrrole nitrogens is 1. The molecule has 0 aliphatic heterocycles. The van der Waals surface area contributed by atoms with Crippen LogP contribution in [0.3, 0.4) is 0 Å². The van der Waals surface area contributed by atoms with Crippen molar-refractivity contribution < 1.29 is 9.66 Å². The number of fused-ring (bicyclic) bond motifs is 1. The summed E-state index contributed by atoms with van der Waals surface area (Å²) in [4.78, 5) is 15.6. The first-order valence-electron chi connectivity index (χ1n) is 11.6. The van der Waals surface area contributed by atoms with Crippen molar-refractivity contribution in [2.45, 2.75) is 19.4 Å². The number of nitro groups is 1. The minimum absolute atomic E-state index is 0.00796. The van der Waals surface area contributed by atoms with Crippen LogP contribution < -0.4 is 10.5 Å². The van der Waals surface area contributed by atoms with Gasteiger partial charge in [-0.25, -0.2) is 0 Å². The van der Waals surface area contributed by atoms with Gasteiger partial charge in [-0.15, -0.1) is 0 Å². The van der Waals surface area contributed by atoms with Crippen LogP contribution in [0.15, 0.2) is 85.1 Å². The molecule has 8 nitrogen and oxygen atoms in total. The van der Waals surface area contributed by atoms with Crippen molar-refractivity contribution in [3.8, 4) is 28.1 Å². The molecule has 1 atom stereocenters. The van der Waals surface area contributed by atoms with Crippen LogP contribution in [-0.2, 0) is 6.42 Å². The van der Waals surface area contributed by atoms with Gasteiger partial charge in [0, 0.05) is 34.7 Å². The molecule has 3 aromatic carbocycles. The van der Waals surface area contributed by atoms with Gasteiger partial charge in [-0.3, -0.25) is 20.2 Å². The Kier molecular flexibility index (Phi) is 6.42. The number of aromatic amines is 1. The fraction of sp³-hybridized carbons (Fsp3) is 0.143. The van der Waals surface area contributed by atoms with E-state index in [-0.39, 0.29) is 11.7 Å². The number of hydrogen-bond acceptors (Lipinski definition) is 6. The zero-order valence-corrected chi connectivity index (χ0v) is 19.7. The van der Waals surface area contributed by atoms with Crippen LogP contribution in [0.25, 0.3) is 33.3 Å². The number of nitrogens with zero attached hydrogens (tertiary/aromatic N) is 3. The third-order valence-electron chi connectivity index (χ3n) is 6.06. The molecule has 2 heterocycles. The number of aryl methyl sites for hydroxylation is 1. The van der Waals surface area contributed by atoms with E-state index in [1.807, 2.05) is 67.6 Å². The Bertz CT molecular complexity index is 1530. The van der Waals surface area contributed by atoms with E-state index in [0.29, 0.717) is 30.0 Å². The maximum atomic E-state index is 11.4. The maximum absolute atomic E-state index is 11.4. The van der Waals surface area contributed by atoms with Crippen molar-refractivity contribution in [1.82, 2.24) is 15.2 Å². The predicted molar refractivity (Wildman–Crippen MR) is 140 cm³/mol. The van der Waals surface area contributed by atoms with Gasteiger partial charge in [-0.2, -0.15) is 5.10 Å². The van der Waals surface area contributed by atoms with Gasteiger partial charge in [0.15, 0.2) is 0 Å². The number of pyridine rings is 1. The monoisotopic (exact) mass is 479 g/mol. The zero-order chi connectivity index (χ0) is 25.1. The quantitative estimate of drug-likeness (QED) is 0.225. The number of hydrogen-bond donors (Lipinski definition) is 2. The molecule has 0 radical (unpaired) electrons. The Morgan fingerprint density at radius 1 is 1.03 bits per heavy atom. The van der Waals surface area contributed by atoms with Crippen LogP contribution in [0.5, 0.6) is 5.75 Å². The van der Waals surface area contributed by atoms with Crippen LogP contribution in [0.1, 0.15) is 11.3 Å². The number of aromatic nitrogens is 3. The lowest BCUT2D eigenvalue weighted by molar-refractivity contribution is -0.384. The Morgan fingerprint density at radius 2 is 1.86 bits per heavy atom. The van der Waals surface area contributed by atoms with Crippen molar-refractivity contribution in [3.05, 3.63) is 106 Å². The normalized spacial score (nSPS) is 11.9. The summed E-state index contributed by atoms with van der Waals surface area (Å²) in [5, 5.41) is 19.7. The lowest BCUT2D eigenvalue weighted by Gasteiger charge is -2.16. The number of nitro benzene ring substituents is 1. The summed E-state index contributed by atoms with van der Waals surface area (Å²) in [6.45, 7) is 2.27. The van der Waals surface area contributed by atoms with Crippen LogP contribution in [-0.4, -0.2) is 32.8 Å². The largest absolute Gasteiger partial charge is 0.490 e. The topological polar surface area (TPSA) is 120 Å². The van der Waals surface area contributed by atoms with Crippen LogP contribution in [0.2, 0.25) is 0 Å². The van der Waals surface area contributed by atoms with E-state index < -0.39 is 4.92 Å². The number of benzene rings is 3. The fourth-order valence-electron chi connectivity index (χ4n) is 4.23. The zero-order valence-electron chi connectivity index (χ0n) is 19.7. The number of nitrogens with two attached hydrogens (primary N) is 1. The number of non-ortho nitro benzene ring substituents is 1. The second-order valence-corrected chi connectivity index (χ2v) is 8.70. The molecular formula is C28H25N5O3. The SMILES string of the molecule is Cc1n[nH]c2ccc(-c3cc(OC[C@@H](N)Cc4ccccc4)cnc3-c3cccc([N+](=O)[O-])c3)cc12. The molecule has 2 aromatic heterocycles. The molecule has 0 fully saturated rings.